The predicted molar refractivity (Wildman–Crippen MR) is 102 cm³/mol. The number of carbonyl (C=O) groups excluding carboxylic acids is 2. The van der Waals surface area contributed by atoms with E-state index in [9.17, 15) is 9.59 Å². The molecular formula is C23H20O3. The van der Waals surface area contributed by atoms with Gasteiger partial charge in [-0.15, -0.1) is 0 Å². The summed E-state index contributed by atoms with van der Waals surface area (Å²) in [4.78, 5) is 24.4. The average Bonchev–Trinajstić information content (AvgIpc) is 2.68. The third-order valence-electron chi connectivity index (χ3n) is 4.39. The van der Waals surface area contributed by atoms with Crippen LogP contribution in [0.1, 0.15) is 31.8 Å². The number of benzene rings is 3. The van der Waals surface area contributed by atoms with E-state index in [1.165, 1.54) is 0 Å². The van der Waals surface area contributed by atoms with E-state index >= 15 is 0 Å². The number of hydrogen-bond acceptors (Lipinski definition) is 3. The number of esters is 1. The first kappa shape index (κ1) is 17.6. The maximum atomic E-state index is 12.2. The Balaban J connectivity index is 1.63. The van der Waals surface area contributed by atoms with Gasteiger partial charge in [-0.25, -0.2) is 4.79 Å². The number of carbonyl (C=O) groups is 2. The smallest absolute Gasteiger partial charge is 0.338 e. The second-order valence-electron chi connectivity index (χ2n) is 6.24. The summed E-state index contributed by atoms with van der Waals surface area (Å²) in [6.45, 7) is 3.68. The first-order valence-electron chi connectivity index (χ1n) is 8.47. The minimum absolute atomic E-state index is 0.206. The monoisotopic (exact) mass is 344 g/mol. The van der Waals surface area contributed by atoms with E-state index in [0.717, 1.165) is 22.3 Å². The number of aryl methyl sites for hydroxylation is 2. The molecule has 0 saturated carbocycles. The number of hydrogen-bond donors (Lipinski definition) is 0. The predicted octanol–water partition coefficient (Wildman–Crippen LogP) is 5.01. The minimum atomic E-state index is -0.498. The van der Waals surface area contributed by atoms with Gasteiger partial charge < -0.3 is 4.74 Å². The van der Waals surface area contributed by atoms with Gasteiger partial charge in [0.2, 0.25) is 0 Å². The maximum absolute atomic E-state index is 12.2. The molecule has 3 heteroatoms. The van der Waals surface area contributed by atoms with Gasteiger partial charge in [0, 0.05) is 5.56 Å². The van der Waals surface area contributed by atoms with Gasteiger partial charge in [-0.2, -0.15) is 0 Å². The Hall–Kier alpha value is -3.20. The van der Waals surface area contributed by atoms with Crippen LogP contribution >= 0.6 is 0 Å². The van der Waals surface area contributed by atoms with Crippen molar-refractivity contribution in [2.24, 2.45) is 0 Å². The summed E-state index contributed by atoms with van der Waals surface area (Å²) >= 11 is 0. The molecule has 130 valence electrons. The van der Waals surface area contributed by atoms with Crippen molar-refractivity contribution >= 4 is 11.8 Å². The Bertz CT molecular complexity index is 925. The normalized spacial score (nSPS) is 10.4. The van der Waals surface area contributed by atoms with Crippen LogP contribution in [0.5, 0.6) is 0 Å². The summed E-state index contributed by atoms with van der Waals surface area (Å²) in [6.07, 6.45) is 0. The van der Waals surface area contributed by atoms with E-state index in [0.29, 0.717) is 11.1 Å². The highest BCUT2D eigenvalue weighted by Crippen LogP contribution is 2.19. The van der Waals surface area contributed by atoms with Gasteiger partial charge in [0.15, 0.2) is 12.4 Å². The number of ketones is 1. The molecule has 3 aromatic rings. The molecule has 0 aliphatic heterocycles. The van der Waals surface area contributed by atoms with Crippen molar-refractivity contribution in [3.63, 3.8) is 0 Å². The van der Waals surface area contributed by atoms with Crippen LogP contribution in [0.15, 0.2) is 72.8 Å². The van der Waals surface area contributed by atoms with E-state index in [1.807, 2.05) is 68.4 Å². The summed E-state index contributed by atoms with van der Waals surface area (Å²) in [5.41, 5.74) is 5.25. The molecule has 0 saturated heterocycles. The first-order valence-corrected chi connectivity index (χ1v) is 8.47. The highest BCUT2D eigenvalue weighted by Gasteiger charge is 2.12. The van der Waals surface area contributed by atoms with Crippen molar-refractivity contribution < 1.29 is 14.3 Å². The molecule has 0 fully saturated rings. The zero-order valence-electron chi connectivity index (χ0n) is 14.9. The number of ether oxygens (including phenoxy) is 1. The molecule has 26 heavy (non-hydrogen) atoms. The van der Waals surface area contributed by atoms with E-state index in [-0.39, 0.29) is 12.4 Å². The Morgan fingerprint density at radius 2 is 1.35 bits per heavy atom. The van der Waals surface area contributed by atoms with Crippen LogP contribution in [0, 0.1) is 13.8 Å². The quantitative estimate of drug-likeness (QED) is 0.483. The van der Waals surface area contributed by atoms with Crippen molar-refractivity contribution in [1.82, 2.24) is 0 Å². The standard InChI is InChI=1S/C23H20O3/c1-16-8-9-21(14-17(16)2)22(24)15-26-23(25)20-12-10-19(11-13-20)18-6-4-3-5-7-18/h3-14H,15H2,1-2H3. The molecule has 3 rings (SSSR count). The van der Waals surface area contributed by atoms with Gasteiger partial charge in [0.05, 0.1) is 5.56 Å². The molecule has 0 atom stereocenters. The lowest BCUT2D eigenvalue weighted by Gasteiger charge is -2.07. The van der Waals surface area contributed by atoms with Crippen LogP contribution in [0.4, 0.5) is 0 Å². The summed E-state index contributed by atoms with van der Waals surface area (Å²) in [7, 11) is 0. The van der Waals surface area contributed by atoms with Gasteiger partial charge in [-0.3, -0.25) is 4.79 Å². The summed E-state index contributed by atoms with van der Waals surface area (Å²) < 4.78 is 5.17. The third-order valence-corrected chi connectivity index (χ3v) is 4.39. The Morgan fingerprint density at radius 1 is 0.731 bits per heavy atom. The lowest BCUT2D eigenvalue weighted by molar-refractivity contribution is 0.0475. The minimum Gasteiger partial charge on any atom is -0.454 e. The zero-order chi connectivity index (χ0) is 18.5. The highest BCUT2D eigenvalue weighted by molar-refractivity contribution is 5.99. The van der Waals surface area contributed by atoms with E-state index in [1.54, 1.807) is 18.2 Å². The highest BCUT2D eigenvalue weighted by atomic mass is 16.5. The first-order chi connectivity index (χ1) is 12.5. The molecule has 0 bridgehead atoms. The third kappa shape index (κ3) is 4.06. The van der Waals surface area contributed by atoms with Crippen LogP contribution in [0.3, 0.4) is 0 Å². The zero-order valence-corrected chi connectivity index (χ0v) is 14.9. The Morgan fingerprint density at radius 3 is 2.00 bits per heavy atom. The molecule has 0 amide bonds. The fourth-order valence-electron chi connectivity index (χ4n) is 2.64. The van der Waals surface area contributed by atoms with Crippen molar-refractivity contribution in [1.29, 1.82) is 0 Å². The molecule has 0 heterocycles. The number of Topliss-reactive ketones (excluding diaryl/α,β-unsaturated/α-hetero) is 1. The van der Waals surface area contributed by atoms with Crippen LogP contribution in [-0.2, 0) is 4.74 Å². The maximum Gasteiger partial charge on any atom is 0.338 e. The summed E-state index contributed by atoms with van der Waals surface area (Å²) in [5, 5.41) is 0. The molecule has 0 aliphatic carbocycles. The largest absolute Gasteiger partial charge is 0.454 e. The second-order valence-corrected chi connectivity index (χ2v) is 6.24. The van der Waals surface area contributed by atoms with Crippen molar-refractivity contribution in [3.8, 4) is 11.1 Å². The second kappa shape index (κ2) is 7.79. The number of rotatable bonds is 5. The molecule has 3 nitrogen and oxygen atoms in total. The van der Waals surface area contributed by atoms with Crippen LogP contribution < -0.4 is 0 Å². The van der Waals surface area contributed by atoms with Crippen LogP contribution in [0.2, 0.25) is 0 Å². The van der Waals surface area contributed by atoms with Gasteiger partial charge in [0.25, 0.3) is 0 Å². The van der Waals surface area contributed by atoms with Crippen molar-refractivity contribution in [2.45, 2.75) is 13.8 Å². The molecule has 0 unspecified atom stereocenters. The molecule has 0 spiro atoms. The van der Waals surface area contributed by atoms with Crippen LogP contribution in [0.25, 0.3) is 11.1 Å². The molecule has 0 radical (unpaired) electrons. The van der Waals surface area contributed by atoms with Gasteiger partial charge >= 0.3 is 5.97 Å². The van der Waals surface area contributed by atoms with Crippen molar-refractivity contribution in [2.75, 3.05) is 6.61 Å². The van der Waals surface area contributed by atoms with E-state index < -0.39 is 5.97 Å². The average molecular weight is 344 g/mol. The molecular weight excluding hydrogens is 324 g/mol. The van der Waals surface area contributed by atoms with Gasteiger partial charge in [0.1, 0.15) is 0 Å². The van der Waals surface area contributed by atoms with E-state index in [2.05, 4.69) is 0 Å². The summed E-state index contributed by atoms with van der Waals surface area (Å²) in [5.74, 6) is -0.704. The van der Waals surface area contributed by atoms with Crippen molar-refractivity contribution in [3.05, 3.63) is 95.1 Å². The molecule has 0 aliphatic rings. The van der Waals surface area contributed by atoms with Gasteiger partial charge in [-0.1, -0.05) is 54.6 Å². The van der Waals surface area contributed by atoms with E-state index in [4.69, 9.17) is 4.74 Å². The molecule has 0 aromatic heterocycles. The van der Waals surface area contributed by atoms with Crippen LogP contribution in [-0.4, -0.2) is 18.4 Å². The Kier molecular flexibility index (Phi) is 5.28. The molecule has 0 N–H and O–H groups in total. The fraction of sp³-hybridized carbons (Fsp3) is 0.130. The SMILES string of the molecule is Cc1ccc(C(=O)COC(=O)c2ccc(-c3ccccc3)cc2)cc1C. The molecule has 3 aromatic carbocycles. The Labute approximate surface area is 153 Å². The lowest BCUT2D eigenvalue weighted by atomic mass is 10.0. The van der Waals surface area contributed by atoms with Gasteiger partial charge in [-0.05, 0) is 54.3 Å². The fourth-order valence-corrected chi connectivity index (χ4v) is 2.64. The lowest BCUT2D eigenvalue weighted by Crippen LogP contribution is -2.14. The summed E-state index contributed by atoms with van der Waals surface area (Å²) in [6, 6.07) is 22.6. The topological polar surface area (TPSA) is 43.4 Å².